The molecular formula is C13H17N3OS2. The van der Waals surface area contributed by atoms with Crippen LogP contribution < -0.4 is 16.2 Å². The van der Waals surface area contributed by atoms with Crippen LogP contribution in [-0.2, 0) is 12.8 Å². The molecule has 6 heteroatoms. The van der Waals surface area contributed by atoms with Crippen molar-refractivity contribution in [1.29, 1.82) is 0 Å². The van der Waals surface area contributed by atoms with Crippen LogP contribution in [0.2, 0.25) is 0 Å². The first-order valence-electron chi connectivity index (χ1n) is 6.16. The minimum absolute atomic E-state index is 0.140. The lowest BCUT2D eigenvalue weighted by atomic mass is 10.2. The zero-order chi connectivity index (χ0) is 13.8. The van der Waals surface area contributed by atoms with Crippen molar-refractivity contribution in [2.75, 3.05) is 6.54 Å². The Morgan fingerprint density at radius 2 is 2.26 bits per heavy atom. The van der Waals surface area contributed by atoms with E-state index in [1.165, 1.54) is 16.9 Å². The highest BCUT2D eigenvalue weighted by Gasteiger charge is 2.18. The number of hydrogen-bond donors (Lipinski definition) is 3. The van der Waals surface area contributed by atoms with Crippen LogP contribution in [0.25, 0.3) is 0 Å². The van der Waals surface area contributed by atoms with Gasteiger partial charge in [-0.3, -0.25) is 15.6 Å². The van der Waals surface area contributed by atoms with Gasteiger partial charge < -0.3 is 5.32 Å². The number of nitrogens with one attached hydrogen (secondary N) is 3. The Balaban J connectivity index is 1.80. The zero-order valence-electron chi connectivity index (χ0n) is 10.8. The molecule has 0 aliphatic heterocycles. The van der Waals surface area contributed by atoms with E-state index in [1.807, 2.05) is 13.0 Å². The fourth-order valence-corrected chi connectivity index (χ4v) is 3.16. The zero-order valence-corrected chi connectivity index (χ0v) is 12.5. The molecule has 0 fully saturated rings. The van der Waals surface area contributed by atoms with E-state index < -0.39 is 0 Å². The molecule has 0 saturated heterocycles. The largest absolute Gasteiger partial charge is 0.358 e. The number of carbonyl (C=O) groups is 1. The van der Waals surface area contributed by atoms with Crippen LogP contribution in [0.15, 0.2) is 18.2 Å². The molecule has 2 rings (SSSR count). The fourth-order valence-electron chi connectivity index (χ4n) is 1.89. The summed E-state index contributed by atoms with van der Waals surface area (Å²) in [5.41, 5.74) is 7.58. The number of hydrazine groups is 1. The van der Waals surface area contributed by atoms with E-state index in [1.54, 1.807) is 11.3 Å². The molecule has 1 amide bonds. The van der Waals surface area contributed by atoms with Crippen LogP contribution >= 0.6 is 23.6 Å². The monoisotopic (exact) mass is 295 g/mol. The number of amides is 1. The van der Waals surface area contributed by atoms with Crippen molar-refractivity contribution in [2.24, 2.45) is 0 Å². The molecule has 0 aromatic carbocycles. The maximum absolute atomic E-state index is 11.9. The Morgan fingerprint density at radius 1 is 1.47 bits per heavy atom. The van der Waals surface area contributed by atoms with Gasteiger partial charge in [-0.15, -0.1) is 11.3 Å². The number of thiocarbonyl (C=S) groups is 1. The Bertz CT molecular complexity index is 500. The molecule has 1 aliphatic carbocycles. The predicted octanol–water partition coefficient (Wildman–Crippen LogP) is 1.92. The molecule has 0 spiro atoms. The van der Waals surface area contributed by atoms with Crippen molar-refractivity contribution < 1.29 is 4.79 Å². The van der Waals surface area contributed by atoms with Crippen molar-refractivity contribution in [2.45, 2.75) is 26.2 Å². The summed E-state index contributed by atoms with van der Waals surface area (Å²) in [5, 5.41) is 3.33. The Labute approximate surface area is 122 Å². The van der Waals surface area contributed by atoms with Gasteiger partial charge in [-0.1, -0.05) is 12.2 Å². The maximum atomic E-state index is 11.9. The van der Waals surface area contributed by atoms with Gasteiger partial charge in [-0.25, -0.2) is 0 Å². The third kappa shape index (κ3) is 3.78. The first-order valence-corrected chi connectivity index (χ1v) is 7.39. The third-order valence-electron chi connectivity index (χ3n) is 2.81. The van der Waals surface area contributed by atoms with Crippen LogP contribution in [0.4, 0.5) is 0 Å². The van der Waals surface area contributed by atoms with Gasteiger partial charge in [0.15, 0.2) is 5.11 Å². The highest BCUT2D eigenvalue weighted by atomic mass is 32.1. The normalized spacial score (nSPS) is 12.7. The SMILES string of the molecule is C=C(C)CNC(=S)NNC(=O)c1cc2c(s1)CCC2. The quantitative estimate of drug-likeness (QED) is 0.453. The number of thiophene rings is 1. The molecule has 0 radical (unpaired) electrons. The van der Waals surface area contributed by atoms with Gasteiger partial charge in [-0.2, -0.15) is 0 Å². The maximum Gasteiger partial charge on any atom is 0.279 e. The van der Waals surface area contributed by atoms with Gasteiger partial charge in [0, 0.05) is 11.4 Å². The minimum Gasteiger partial charge on any atom is -0.358 e. The number of aryl methyl sites for hydroxylation is 2. The standard InChI is InChI=1S/C13H17N3OS2/c1-8(2)7-14-13(18)16-15-12(17)11-6-9-4-3-5-10(9)19-11/h6H,1,3-5,7H2,2H3,(H,15,17)(H2,14,16,18). The number of rotatable bonds is 3. The third-order valence-corrected chi connectivity index (χ3v) is 4.29. The molecule has 1 aliphatic rings. The lowest BCUT2D eigenvalue weighted by Gasteiger charge is -2.10. The molecule has 0 atom stereocenters. The fraction of sp³-hybridized carbons (Fsp3) is 0.385. The van der Waals surface area contributed by atoms with Gasteiger partial charge in [0.1, 0.15) is 0 Å². The molecule has 4 nitrogen and oxygen atoms in total. The summed E-state index contributed by atoms with van der Waals surface area (Å²) >= 11 is 6.60. The molecule has 19 heavy (non-hydrogen) atoms. The van der Waals surface area contributed by atoms with E-state index >= 15 is 0 Å². The number of hydrogen-bond acceptors (Lipinski definition) is 3. The first-order chi connectivity index (χ1) is 9.06. The Hall–Kier alpha value is -1.40. The van der Waals surface area contributed by atoms with Gasteiger partial charge in [0.25, 0.3) is 5.91 Å². The molecule has 3 N–H and O–H groups in total. The minimum atomic E-state index is -0.140. The average Bonchev–Trinajstić information content (AvgIpc) is 2.93. The summed E-state index contributed by atoms with van der Waals surface area (Å²) in [5.74, 6) is -0.140. The van der Waals surface area contributed by atoms with Crippen LogP contribution in [-0.4, -0.2) is 17.6 Å². The van der Waals surface area contributed by atoms with E-state index in [0.29, 0.717) is 11.7 Å². The van der Waals surface area contributed by atoms with E-state index in [4.69, 9.17) is 12.2 Å². The summed E-state index contributed by atoms with van der Waals surface area (Å²) in [4.78, 5) is 14.0. The summed E-state index contributed by atoms with van der Waals surface area (Å²) in [6.45, 7) is 6.26. The number of carbonyl (C=O) groups excluding carboxylic acids is 1. The summed E-state index contributed by atoms with van der Waals surface area (Å²) in [6, 6.07) is 1.98. The second-order valence-electron chi connectivity index (χ2n) is 4.63. The van der Waals surface area contributed by atoms with Crippen molar-refractivity contribution >= 4 is 34.6 Å². The van der Waals surface area contributed by atoms with Crippen LogP contribution in [0.1, 0.15) is 33.5 Å². The Morgan fingerprint density at radius 3 is 2.95 bits per heavy atom. The molecule has 1 aromatic rings. The predicted molar refractivity (Wildman–Crippen MR) is 82.4 cm³/mol. The highest BCUT2D eigenvalue weighted by Crippen LogP contribution is 2.30. The van der Waals surface area contributed by atoms with E-state index in [0.717, 1.165) is 23.3 Å². The number of fused-ring (bicyclic) bond motifs is 1. The topological polar surface area (TPSA) is 53.2 Å². The molecule has 1 heterocycles. The molecule has 0 bridgehead atoms. The van der Waals surface area contributed by atoms with E-state index in [9.17, 15) is 4.79 Å². The van der Waals surface area contributed by atoms with Gasteiger partial charge in [0.05, 0.1) is 4.88 Å². The molecule has 1 aromatic heterocycles. The van der Waals surface area contributed by atoms with Crippen LogP contribution in [0, 0.1) is 0 Å². The van der Waals surface area contributed by atoms with Crippen LogP contribution in [0.3, 0.4) is 0 Å². The van der Waals surface area contributed by atoms with Crippen molar-refractivity contribution in [3.63, 3.8) is 0 Å². The summed E-state index contributed by atoms with van der Waals surface area (Å²) < 4.78 is 0. The van der Waals surface area contributed by atoms with Crippen molar-refractivity contribution in [3.05, 3.63) is 33.5 Å². The molecular weight excluding hydrogens is 278 g/mol. The second-order valence-corrected chi connectivity index (χ2v) is 6.18. The lowest BCUT2D eigenvalue weighted by Crippen LogP contribution is -2.46. The summed E-state index contributed by atoms with van der Waals surface area (Å²) in [6.07, 6.45) is 3.39. The molecule has 102 valence electrons. The van der Waals surface area contributed by atoms with Crippen molar-refractivity contribution in [1.82, 2.24) is 16.2 Å². The highest BCUT2D eigenvalue weighted by molar-refractivity contribution is 7.80. The summed E-state index contributed by atoms with van der Waals surface area (Å²) in [7, 11) is 0. The van der Waals surface area contributed by atoms with Gasteiger partial charge in [-0.05, 0) is 50.0 Å². The van der Waals surface area contributed by atoms with Gasteiger partial charge in [0.2, 0.25) is 0 Å². The molecule has 0 unspecified atom stereocenters. The van der Waals surface area contributed by atoms with Crippen LogP contribution in [0.5, 0.6) is 0 Å². The molecule has 0 saturated carbocycles. The lowest BCUT2D eigenvalue weighted by molar-refractivity contribution is 0.0947. The smallest absolute Gasteiger partial charge is 0.279 e. The average molecular weight is 295 g/mol. The first kappa shape index (κ1) is 14.0. The second kappa shape index (κ2) is 6.16. The Kier molecular flexibility index (Phi) is 4.55. The van der Waals surface area contributed by atoms with Gasteiger partial charge >= 0.3 is 0 Å². The van der Waals surface area contributed by atoms with E-state index in [2.05, 4.69) is 22.7 Å². The van der Waals surface area contributed by atoms with Crippen molar-refractivity contribution in [3.8, 4) is 0 Å². The van der Waals surface area contributed by atoms with E-state index in [-0.39, 0.29) is 5.91 Å².